The highest BCUT2D eigenvalue weighted by atomic mass is 16.5. The number of nitrogens with zero attached hydrogens (tertiary/aromatic N) is 1. The van der Waals surface area contributed by atoms with Crippen molar-refractivity contribution in [3.05, 3.63) is 0 Å². The Labute approximate surface area is 95.6 Å². The van der Waals surface area contributed by atoms with E-state index in [1.54, 1.807) is 0 Å². The fraction of sp³-hybridized carbons (Fsp3) is 0.917. The van der Waals surface area contributed by atoms with E-state index in [1.807, 2.05) is 0 Å². The summed E-state index contributed by atoms with van der Waals surface area (Å²) in [6, 6.07) is 0.117. The Morgan fingerprint density at radius 1 is 1.31 bits per heavy atom. The zero-order valence-corrected chi connectivity index (χ0v) is 9.47. The second kappa shape index (κ2) is 4.00. The molecule has 2 saturated heterocycles. The van der Waals surface area contributed by atoms with E-state index in [0.717, 1.165) is 32.6 Å². The molecule has 2 aliphatic heterocycles. The van der Waals surface area contributed by atoms with Crippen molar-refractivity contribution in [2.75, 3.05) is 19.8 Å². The monoisotopic (exact) mass is 225 g/mol. The first-order valence-electron chi connectivity index (χ1n) is 6.33. The lowest BCUT2D eigenvalue weighted by Gasteiger charge is -2.28. The van der Waals surface area contributed by atoms with Gasteiger partial charge in [0.15, 0.2) is 0 Å². The summed E-state index contributed by atoms with van der Waals surface area (Å²) >= 11 is 0. The van der Waals surface area contributed by atoms with Crippen LogP contribution in [0, 0.1) is 11.8 Å². The molecule has 3 rings (SSSR count). The van der Waals surface area contributed by atoms with Crippen LogP contribution in [0.3, 0.4) is 0 Å². The van der Waals surface area contributed by atoms with Gasteiger partial charge < -0.3 is 9.84 Å². The summed E-state index contributed by atoms with van der Waals surface area (Å²) in [7, 11) is 0. The topological polar surface area (TPSA) is 49.8 Å². The molecule has 3 fully saturated rings. The molecule has 2 heterocycles. The largest absolute Gasteiger partial charge is 0.480 e. The molecule has 0 aromatic heterocycles. The highest BCUT2D eigenvalue weighted by Crippen LogP contribution is 2.43. The minimum atomic E-state index is -0.624. The van der Waals surface area contributed by atoms with Gasteiger partial charge in [-0.15, -0.1) is 0 Å². The van der Waals surface area contributed by atoms with Crippen LogP contribution in [-0.2, 0) is 9.53 Å². The summed E-state index contributed by atoms with van der Waals surface area (Å²) in [5.41, 5.74) is 0. The van der Waals surface area contributed by atoms with Crippen LogP contribution in [0.25, 0.3) is 0 Å². The normalized spacial score (nSPS) is 43.8. The van der Waals surface area contributed by atoms with Crippen LogP contribution in [0.15, 0.2) is 0 Å². The Hall–Kier alpha value is -0.610. The third-order valence-corrected chi connectivity index (χ3v) is 4.55. The molecular weight excluding hydrogens is 206 g/mol. The van der Waals surface area contributed by atoms with Gasteiger partial charge in [-0.3, -0.25) is 9.69 Å². The van der Waals surface area contributed by atoms with Crippen LogP contribution in [0.2, 0.25) is 0 Å². The number of hydrogen-bond donors (Lipinski definition) is 1. The maximum atomic E-state index is 11.4. The Bertz CT molecular complexity index is 288. The molecule has 4 heteroatoms. The van der Waals surface area contributed by atoms with E-state index in [1.165, 1.54) is 12.8 Å². The third-order valence-electron chi connectivity index (χ3n) is 4.55. The molecular formula is C12H19NO3. The zero-order chi connectivity index (χ0) is 11.1. The number of aliphatic carboxylic acids is 1. The number of carboxylic acids is 1. The molecule has 90 valence electrons. The van der Waals surface area contributed by atoms with E-state index in [-0.39, 0.29) is 6.04 Å². The second-order valence-electron chi connectivity index (χ2n) is 5.35. The minimum Gasteiger partial charge on any atom is -0.480 e. The SMILES string of the molecule is O=C(O)C1C2CCCC2CN1C1CCOC1. The van der Waals surface area contributed by atoms with Gasteiger partial charge in [0.2, 0.25) is 0 Å². The lowest BCUT2D eigenvalue weighted by molar-refractivity contribution is -0.144. The standard InChI is InChI=1S/C12H19NO3/c14-12(15)11-10-3-1-2-8(10)6-13(11)9-4-5-16-7-9/h8-11H,1-7H2,(H,14,15). The van der Waals surface area contributed by atoms with Gasteiger partial charge in [-0.2, -0.15) is 0 Å². The molecule has 0 spiro atoms. The lowest BCUT2D eigenvalue weighted by atomic mass is 9.94. The van der Waals surface area contributed by atoms with Gasteiger partial charge in [-0.25, -0.2) is 0 Å². The van der Waals surface area contributed by atoms with E-state index >= 15 is 0 Å². The van der Waals surface area contributed by atoms with E-state index in [4.69, 9.17) is 4.74 Å². The predicted octanol–water partition coefficient (Wildman–Crippen LogP) is 0.960. The van der Waals surface area contributed by atoms with Gasteiger partial charge in [0, 0.05) is 19.2 Å². The first kappa shape index (κ1) is 10.5. The molecule has 0 amide bonds. The zero-order valence-electron chi connectivity index (χ0n) is 9.47. The van der Waals surface area contributed by atoms with Crippen LogP contribution in [0.1, 0.15) is 25.7 Å². The van der Waals surface area contributed by atoms with Crippen molar-refractivity contribution >= 4 is 5.97 Å². The summed E-state index contributed by atoms with van der Waals surface area (Å²) in [5, 5.41) is 9.41. The maximum Gasteiger partial charge on any atom is 0.321 e. The molecule has 0 aromatic rings. The van der Waals surface area contributed by atoms with E-state index in [0.29, 0.717) is 17.9 Å². The summed E-state index contributed by atoms with van der Waals surface area (Å²) in [6.07, 6.45) is 4.54. The van der Waals surface area contributed by atoms with Crippen LogP contribution < -0.4 is 0 Å². The van der Waals surface area contributed by atoms with Crippen LogP contribution >= 0.6 is 0 Å². The van der Waals surface area contributed by atoms with Gasteiger partial charge in [-0.05, 0) is 31.1 Å². The van der Waals surface area contributed by atoms with Gasteiger partial charge >= 0.3 is 5.97 Å². The number of likely N-dealkylation sites (tertiary alicyclic amines) is 1. The van der Waals surface area contributed by atoms with Gasteiger partial charge in [-0.1, -0.05) is 6.42 Å². The number of rotatable bonds is 2. The molecule has 3 aliphatic rings. The average Bonchev–Trinajstić information content (AvgIpc) is 2.92. The average molecular weight is 225 g/mol. The summed E-state index contributed by atoms with van der Waals surface area (Å²) in [6.45, 7) is 2.50. The summed E-state index contributed by atoms with van der Waals surface area (Å²) < 4.78 is 5.39. The Balaban J connectivity index is 1.79. The van der Waals surface area contributed by atoms with Crippen molar-refractivity contribution in [2.45, 2.75) is 37.8 Å². The summed E-state index contributed by atoms with van der Waals surface area (Å²) in [4.78, 5) is 13.6. The quantitative estimate of drug-likeness (QED) is 0.760. The van der Waals surface area contributed by atoms with Crippen molar-refractivity contribution in [3.63, 3.8) is 0 Å². The third kappa shape index (κ3) is 1.55. The van der Waals surface area contributed by atoms with Crippen LogP contribution in [0.5, 0.6) is 0 Å². The minimum absolute atomic E-state index is 0.237. The highest BCUT2D eigenvalue weighted by molar-refractivity contribution is 5.74. The van der Waals surface area contributed by atoms with Crippen LogP contribution in [0.4, 0.5) is 0 Å². The highest BCUT2D eigenvalue weighted by Gasteiger charge is 2.50. The maximum absolute atomic E-state index is 11.4. The van der Waals surface area contributed by atoms with Crippen molar-refractivity contribution in [2.24, 2.45) is 11.8 Å². The van der Waals surface area contributed by atoms with E-state index in [2.05, 4.69) is 4.90 Å². The molecule has 0 radical (unpaired) electrons. The predicted molar refractivity (Wildman–Crippen MR) is 58.2 cm³/mol. The molecule has 4 atom stereocenters. The van der Waals surface area contributed by atoms with Crippen molar-refractivity contribution in [1.29, 1.82) is 0 Å². The molecule has 1 N–H and O–H groups in total. The molecule has 4 nitrogen and oxygen atoms in total. The smallest absolute Gasteiger partial charge is 0.321 e. The van der Waals surface area contributed by atoms with E-state index < -0.39 is 5.97 Å². The Morgan fingerprint density at radius 3 is 2.88 bits per heavy atom. The number of ether oxygens (including phenoxy) is 1. The van der Waals surface area contributed by atoms with E-state index in [9.17, 15) is 9.90 Å². The van der Waals surface area contributed by atoms with Gasteiger partial charge in [0.1, 0.15) is 6.04 Å². The van der Waals surface area contributed by atoms with Crippen molar-refractivity contribution < 1.29 is 14.6 Å². The molecule has 4 unspecified atom stereocenters. The Morgan fingerprint density at radius 2 is 2.19 bits per heavy atom. The number of fused-ring (bicyclic) bond motifs is 1. The first-order valence-corrected chi connectivity index (χ1v) is 6.33. The van der Waals surface area contributed by atoms with Crippen molar-refractivity contribution in [3.8, 4) is 0 Å². The fourth-order valence-electron chi connectivity index (χ4n) is 3.82. The molecule has 1 aliphatic carbocycles. The number of carbonyl (C=O) groups is 1. The van der Waals surface area contributed by atoms with Crippen molar-refractivity contribution in [1.82, 2.24) is 4.90 Å². The second-order valence-corrected chi connectivity index (χ2v) is 5.35. The number of hydrogen-bond acceptors (Lipinski definition) is 3. The Kier molecular flexibility index (Phi) is 2.64. The molecule has 16 heavy (non-hydrogen) atoms. The van der Waals surface area contributed by atoms with Crippen LogP contribution in [-0.4, -0.2) is 47.8 Å². The molecule has 1 saturated carbocycles. The first-order chi connectivity index (χ1) is 7.77. The lowest BCUT2D eigenvalue weighted by Crippen LogP contribution is -2.45. The number of carboxylic acid groups (broad SMARTS) is 1. The fourth-order valence-corrected chi connectivity index (χ4v) is 3.82. The van der Waals surface area contributed by atoms with Gasteiger partial charge in [0.25, 0.3) is 0 Å². The molecule has 0 bridgehead atoms. The van der Waals surface area contributed by atoms with Gasteiger partial charge in [0.05, 0.1) is 6.61 Å². The molecule has 0 aromatic carbocycles. The summed E-state index contributed by atoms with van der Waals surface area (Å²) in [5.74, 6) is 0.404.